The largest absolute Gasteiger partial charge is 0.355 e. The third-order valence-electron chi connectivity index (χ3n) is 4.21. The van der Waals surface area contributed by atoms with Crippen LogP contribution in [0, 0.1) is 5.92 Å². The molecule has 20 heavy (non-hydrogen) atoms. The summed E-state index contributed by atoms with van der Waals surface area (Å²) in [5, 5.41) is 6.30. The van der Waals surface area contributed by atoms with E-state index in [1.165, 1.54) is 18.4 Å². The molecule has 1 saturated carbocycles. The molecule has 2 unspecified atom stereocenters. The number of carbonyl (C=O) groups excluding carboxylic acids is 1. The molecule has 2 fully saturated rings. The van der Waals surface area contributed by atoms with Crippen molar-refractivity contribution in [1.29, 1.82) is 0 Å². The van der Waals surface area contributed by atoms with Gasteiger partial charge >= 0.3 is 0 Å². The Balaban J connectivity index is 1.49. The van der Waals surface area contributed by atoms with Gasteiger partial charge in [0.05, 0.1) is 6.04 Å². The summed E-state index contributed by atoms with van der Waals surface area (Å²) in [6, 6.07) is 10.8. The second kappa shape index (κ2) is 6.64. The number of amides is 1. The lowest BCUT2D eigenvalue weighted by Crippen LogP contribution is -2.42. The Morgan fingerprint density at radius 1 is 1.35 bits per heavy atom. The normalized spacial score (nSPS) is 23.5. The quantitative estimate of drug-likeness (QED) is 0.845. The van der Waals surface area contributed by atoms with Crippen LogP contribution in [0.1, 0.15) is 30.7 Å². The molecule has 1 aromatic carbocycles. The van der Waals surface area contributed by atoms with Crippen molar-refractivity contribution in [3.8, 4) is 0 Å². The number of carbonyl (C=O) groups is 1. The second-order valence-electron chi connectivity index (χ2n) is 5.71. The van der Waals surface area contributed by atoms with E-state index in [4.69, 9.17) is 0 Å². The zero-order valence-corrected chi connectivity index (χ0v) is 12.5. The van der Waals surface area contributed by atoms with Crippen molar-refractivity contribution in [3.63, 3.8) is 0 Å². The van der Waals surface area contributed by atoms with E-state index in [-0.39, 0.29) is 11.9 Å². The summed E-state index contributed by atoms with van der Waals surface area (Å²) < 4.78 is 0. The average molecular weight is 290 g/mol. The van der Waals surface area contributed by atoms with E-state index in [2.05, 4.69) is 41.0 Å². The molecule has 3 rings (SSSR count). The highest BCUT2D eigenvalue weighted by Gasteiger charge is 2.32. The van der Waals surface area contributed by atoms with Crippen LogP contribution in [-0.2, 0) is 4.79 Å². The molecular formula is C16H22N2OS. The molecule has 0 spiro atoms. The van der Waals surface area contributed by atoms with Crippen molar-refractivity contribution in [2.24, 2.45) is 5.92 Å². The van der Waals surface area contributed by atoms with Crippen LogP contribution in [0.2, 0.25) is 0 Å². The molecular weight excluding hydrogens is 268 g/mol. The van der Waals surface area contributed by atoms with Gasteiger partial charge in [0.1, 0.15) is 0 Å². The van der Waals surface area contributed by atoms with E-state index in [9.17, 15) is 4.79 Å². The van der Waals surface area contributed by atoms with Crippen molar-refractivity contribution in [2.75, 3.05) is 18.2 Å². The standard InChI is InChI=1S/C16H22N2OS/c19-16(15-10-20-11-18-15)17-9-8-14(13-6-7-13)12-4-2-1-3-5-12/h1-5,13-15,18H,6-11H2,(H,17,19). The first-order valence-electron chi connectivity index (χ1n) is 7.48. The molecule has 1 amide bonds. The molecule has 1 heterocycles. The zero-order valence-electron chi connectivity index (χ0n) is 11.7. The molecule has 1 saturated heterocycles. The number of nitrogens with one attached hydrogen (secondary N) is 2. The van der Waals surface area contributed by atoms with Crippen LogP contribution in [0.25, 0.3) is 0 Å². The fraction of sp³-hybridized carbons (Fsp3) is 0.562. The predicted octanol–water partition coefficient (Wildman–Crippen LogP) is 2.35. The Hall–Kier alpha value is -1.00. The van der Waals surface area contributed by atoms with E-state index in [0.29, 0.717) is 5.92 Å². The summed E-state index contributed by atoms with van der Waals surface area (Å²) in [4.78, 5) is 12.0. The molecule has 0 bridgehead atoms. The van der Waals surface area contributed by atoms with Crippen LogP contribution in [0.4, 0.5) is 0 Å². The van der Waals surface area contributed by atoms with Crippen molar-refractivity contribution >= 4 is 17.7 Å². The molecule has 0 radical (unpaired) electrons. The summed E-state index contributed by atoms with van der Waals surface area (Å²) in [6.07, 6.45) is 3.74. The Morgan fingerprint density at radius 3 is 2.80 bits per heavy atom. The Kier molecular flexibility index (Phi) is 4.63. The highest BCUT2D eigenvalue weighted by molar-refractivity contribution is 7.99. The minimum atomic E-state index is 0.0103. The fourth-order valence-corrected chi connectivity index (χ4v) is 3.85. The number of benzene rings is 1. The Bertz CT molecular complexity index is 441. The number of thioether (sulfide) groups is 1. The molecule has 108 valence electrons. The first-order chi connectivity index (χ1) is 9.84. The predicted molar refractivity (Wildman–Crippen MR) is 83.8 cm³/mol. The molecule has 4 heteroatoms. The Labute approximate surface area is 124 Å². The van der Waals surface area contributed by atoms with Crippen LogP contribution >= 0.6 is 11.8 Å². The van der Waals surface area contributed by atoms with Crippen LogP contribution in [0.3, 0.4) is 0 Å². The summed E-state index contributed by atoms with van der Waals surface area (Å²) in [6.45, 7) is 0.789. The van der Waals surface area contributed by atoms with Gasteiger partial charge in [0, 0.05) is 18.2 Å². The SMILES string of the molecule is O=C(NCCC(c1ccccc1)C1CC1)C1CSCN1. The van der Waals surface area contributed by atoms with E-state index in [1.54, 1.807) is 11.8 Å². The fourth-order valence-electron chi connectivity index (χ4n) is 2.91. The minimum Gasteiger partial charge on any atom is -0.355 e. The lowest BCUT2D eigenvalue weighted by atomic mass is 9.91. The van der Waals surface area contributed by atoms with E-state index in [1.807, 2.05) is 0 Å². The number of hydrogen-bond acceptors (Lipinski definition) is 3. The summed E-state index contributed by atoms with van der Waals surface area (Å²) >= 11 is 1.79. The highest BCUT2D eigenvalue weighted by Crippen LogP contribution is 2.44. The van der Waals surface area contributed by atoms with Gasteiger partial charge in [-0.05, 0) is 36.7 Å². The number of rotatable bonds is 6. The molecule has 2 atom stereocenters. The van der Waals surface area contributed by atoms with Crippen molar-refractivity contribution in [2.45, 2.75) is 31.2 Å². The second-order valence-corrected chi connectivity index (χ2v) is 6.74. The maximum absolute atomic E-state index is 12.0. The first-order valence-corrected chi connectivity index (χ1v) is 8.64. The molecule has 1 aromatic rings. The minimum absolute atomic E-state index is 0.0103. The number of hydrogen-bond donors (Lipinski definition) is 2. The molecule has 0 aromatic heterocycles. The topological polar surface area (TPSA) is 41.1 Å². The van der Waals surface area contributed by atoms with Gasteiger partial charge in [-0.3, -0.25) is 10.1 Å². The van der Waals surface area contributed by atoms with Crippen LogP contribution in [0.15, 0.2) is 30.3 Å². The van der Waals surface area contributed by atoms with Crippen LogP contribution < -0.4 is 10.6 Å². The summed E-state index contributed by atoms with van der Waals surface area (Å²) in [5.41, 5.74) is 1.43. The molecule has 1 aliphatic carbocycles. The lowest BCUT2D eigenvalue weighted by molar-refractivity contribution is -0.122. The third kappa shape index (κ3) is 3.55. The molecule has 2 aliphatic rings. The monoisotopic (exact) mass is 290 g/mol. The smallest absolute Gasteiger partial charge is 0.238 e. The van der Waals surface area contributed by atoms with Gasteiger partial charge in [-0.15, -0.1) is 11.8 Å². The first kappa shape index (κ1) is 14.0. The van der Waals surface area contributed by atoms with Gasteiger partial charge in [-0.1, -0.05) is 30.3 Å². The molecule has 1 aliphatic heterocycles. The van der Waals surface area contributed by atoms with E-state index < -0.39 is 0 Å². The zero-order chi connectivity index (χ0) is 13.8. The maximum atomic E-state index is 12.0. The van der Waals surface area contributed by atoms with Gasteiger partial charge in [0.2, 0.25) is 5.91 Å². The maximum Gasteiger partial charge on any atom is 0.238 e. The Morgan fingerprint density at radius 2 is 2.15 bits per heavy atom. The average Bonchev–Trinajstić information content (AvgIpc) is 3.17. The van der Waals surface area contributed by atoms with Gasteiger partial charge in [0.15, 0.2) is 0 Å². The van der Waals surface area contributed by atoms with Crippen molar-refractivity contribution in [1.82, 2.24) is 10.6 Å². The van der Waals surface area contributed by atoms with Gasteiger partial charge < -0.3 is 5.32 Å². The van der Waals surface area contributed by atoms with Gasteiger partial charge in [0.25, 0.3) is 0 Å². The third-order valence-corrected chi connectivity index (χ3v) is 5.15. The van der Waals surface area contributed by atoms with Crippen LogP contribution in [0.5, 0.6) is 0 Å². The van der Waals surface area contributed by atoms with E-state index in [0.717, 1.165) is 30.5 Å². The van der Waals surface area contributed by atoms with Gasteiger partial charge in [-0.25, -0.2) is 0 Å². The summed E-state index contributed by atoms with van der Waals surface area (Å²) in [7, 11) is 0. The lowest BCUT2D eigenvalue weighted by Gasteiger charge is -2.18. The van der Waals surface area contributed by atoms with E-state index >= 15 is 0 Å². The molecule has 3 nitrogen and oxygen atoms in total. The van der Waals surface area contributed by atoms with Gasteiger partial charge in [-0.2, -0.15) is 0 Å². The molecule has 2 N–H and O–H groups in total. The van der Waals surface area contributed by atoms with Crippen molar-refractivity contribution in [3.05, 3.63) is 35.9 Å². The van der Waals surface area contributed by atoms with Crippen molar-refractivity contribution < 1.29 is 4.79 Å². The highest BCUT2D eigenvalue weighted by atomic mass is 32.2. The van der Waals surface area contributed by atoms with Crippen LogP contribution in [-0.4, -0.2) is 30.1 Å². The summed E-state index contributed by atoms with van der Waals surface area (Å²) in [5.74, 6) is 3.40.